The minimum absolute atomic E-state index is 0.252. The number of nitrogens with zero attached hydrogens (tertiary/aromatic N) is 2. The number of benzene rings is 2. The molecule has 0 unspecified atom stereocenters. The van der Waals surface area contributed by atoms with Crippen molar-refractivity contribution in [1.29, 1.82) is 0 Å². The number of rotatable bonds is 10. The summed E-state index contributed by atoms with van der Waals surface area (Å²) in [4.78, 5) is 17.1. The van der Waals surface area contributed by atoms with Crippen LogP contribution in [0.1, 0.15) is 5.56 Å². The molecule has 0 bridgehead atoms. The van der Waals surface area contributed by atoms with Crippen LogP contribution in [0.25, 0.3) is 0 Å². The lowest BCUT2D eigenvalue weighted by atomic mass is 10.1. The summed E-state index contributed by atoms with van der Waals surface area (Å²) in [6, 6.07) is 14.9. The molecule has 2 aromatic rings. The van der Waals surface area contributed by atoms with Gasteiger partial charge < -0.3 is 25.0 Å². The van der Waals surface area contributed by atoms with Gasteiger partial charge in [-0.2, -0.15) is 0 Å². The molecule has 1 aliphatic rings. The second-order valence-electron chi connectivity index (χ2n) is 7.76. The van der Waals surface area contributed by atoms with Crippen molar-refractivity contribution in [3.8, 4) is 23.8 Å². The Labute approximate surface area is 190 Å². The molecule has 0 radical (unpaired) electrons. The normalized spacial score (nSPS) is 14.4. The van der Waals surface area contributed by atoms with Crippen LogP contribution in [0.5, 0.6) is 11.5 Å². The van der Waals surface area contributed by atoms with Crippen LogP contribution in [0.15, 0.2) is 48.5 Å². The highest BCUT2D eigenvalue weighted by molar-refractivity contribution is 5.90. The molecule has 7 heteroatoms. The van der Waals surface area contributed by atoms with Crippen molar-refractivity contribution >= 4 is 11.7 Å². The van der Waals surface area contributed by atoms with Gasteiger partial charge >= 0.3 is 6.03 Å². The minimum Gasteiger partial charge on any atom is -0.490 e. The molecule has 1 saturated heterocycles. The van der Waals surface area contributed by atoms with Crippen LogP contribution in [-0.2, 0) is 6.42 Å². The first kappa shape index (κ1) is 23.5. The van der Waals surface area contributed by atoms with E-state index in [1.165, 1.54) is 0 Å². The summed E-state index contributed by atoms with van der Waals surface area (Å²) >= 11 is 0. The Kier molecular flexibility index (Phi) is 9.23. The fraction of sp³-hybridized carbons (Fsp3) is 0.400. The number of hydrogen-bond donors (Lipinski definition) is 2. The largest absolute Gasteiger partial charge is 0.490 e. The maximum absolute atomic E-state index is 12.3. The number of amides is 2. The molecule has 170 valence electrons. The average Bonchev–Trinajstić information content (AvgIpc) is 2.81. The first-order valence-corrected chi connectivity index (χ1v) is 11.0. The van der Waals surface area contributed by atoms with Gasteiger partial charge in [0.2, 0.25) is 0 Å². The van der Waals surface area contributed by atoms with Crippen LogP contribution >= 0.6 is 0 Å². The molecule has 0 atom stereocenters. The second kappa shape index (κ2) is 12.6. The maximum atomic E-state index is 12.3. The number of anilines is 1. The number of nitrogens with one attached hydrogen (secondary N) is 2. The first-order valence-electron chi connectivity index (χ1n) is 11.0. The van der Waals surface area contributed by atoms with E-state index in [2.05, 4.69) is 33.4 Å². The molecule has 7 nitrogen and oxygen atoms in total. The van der Waals surface area contributed by atoms with Gasteiger partial charge in [-0.1, -0.05) is 30.2 Å². The van der Waals surface area contributed by atoms with E-state index in [0.717, 1.165) is 44.0 Å². The van der Waals surface area contributed by atoms with Gasteiger partial charge in [0.15, 0.2) is 0 Å². The highest BCUT2D eigenvalue weighted by atomic mass is 16.5. The molecule has 0 aromatic heterocycles. The maximum Gasteiger partial charge on any atom is 0.319 e. The third-order valence-corrected chi connectivity index (χ3v) is 5.34. The van der Waals surface area contributed by atoms with Gasteiger partial charge in [0.1, 0.15) is 24.7 Å². The predicted molar refractivity (Wildman–Crippen MR) is 127 cm³/mol. The highest BCUT2D eigenvalue weighted by Crippen LogP contribution is 2.23. The molecule has 2 N–H and O–H groups in total. The van der Waals surface area contributed by atoms with E-state index >= 15 is 0 Å². The van der Waals surface area contributed by atoms with E-state index in [0.29, 0.717) is 31.0 Å². The van der Waals surface area contributed by atoms with E-state index in [4.69, 9.17) is 15.9 Å². The Morgan fingerprint density at radius 2 is 1.81 bits per heavy atom. The highest BCUT2D eigenvalue weighted by Gasteiger charge is 2.14. The van der Waals surface area contributed by atoms with E-state index in [1.807, 2.05) is 48.5 Å². The number of para-hydroxylation sites is 2. The second-order valence-corrected chi connectivity index (χ2v) is 7.76. The Balaban J connectivity index is 1.39. The molecule has 0 aliphatic carbocycles. The molecule has 1 heterocycles. The Hall–Kier alpha value is -3.21. The zero-order valence-corrected chi connectivity index (χ0v) is 18.7. The number of likely N-dealkylation sites (N-methyl/N-ethyl adjacent to an activating group) is 1. The van der Waals surface area contributed by atoms with Crippen molar-refractivity contribution < 1.29 is 14.3 Å². The number of ether oxygens (including phenoxy) is 2. The number of urea groups is 1. The minimum atomic E-state index is -0.255. The van der Waals surface area contributed by atoms with E-state index < -0.39 is 0 Å². The van der Waals surface area contributed by atoms with Gasteiger partial charge in [-0.3, -0.25) is 4.90 Å². The van der Waals surface area contributed by atoms with Crippen molar-refractivity contribution in [2.45, 2.75) is 6.42 Å². The third kappa shape index (κ3) is 7.80. The number of hydrogen-bond acceptors (Lipinski definition) is 5. The zero-order valence-electron chi connectivity index (χ0n) is 18.7. The molecule has 0 saturated carbocycles. The predicted octanol–water partition coefficient (Wildman–Crippen LogP) is 2.69. The quantitative estimate of drug-likeness (QED) is 0.561. The molecular formula is C25H32N4O3. The van der Waals surface area contributed by atoms with Crippen molar-refractivity contribution in [2.75, 3.05) is 64.8 Å². The monoisotopic (exact) mass is 436 g/mol. The van der Waals surface area contributed by atoms with Crippen molar-refractivity contribution in [3.63, 3.8) is 0 Å². The van der Waals surface area contributed by atoms with Gasteiger partial charge in [0, 0.05) is 39.3 Å². The van der Waals surface area contributed by atoms with Crippen molar-refractivity contribution in [1.82, 2.24) is 15.1 Å². The number of carbonyl (C=O) groups excluding carboxylic acids is 1. The van der Waals surface area contributed by atoms with Crippen LogP contribution in [0.4, 0.5) is 10.5 Å². The Bertz CT molecular complexity index is 887. The smallest absolute Gasteiger partial charge is 0.319 e. The topological polar surface area (TPSA) is 66.1 Å². The average molecular weight is 437 g/mol. The van der Waals surface area contributed by atoms with Crippen LogP contribution in [0.3, 0.4) is 0 Å². The summed E-state index contributed by atoms with van der Waals surface area (Å²) in [6.45, 7) is 6.52. The summed E-state index contributed by atoms with van der Waals surface area (Å²) < 4.78 is 11.3. The standard InChI is InChI=1S/C25H32N4O3/c1-3-19-31-22-10-8-21(9-11-22)12-13-26-25(30)27-23-6-4-5-7-24(23)32-20-18-29-16-14-28(2)15-17-29/h1,4-11H,12-20H2,2H3,(H2,26,27,30). The van der Waals surface area contributed by atoms with E-state index in [1.54, 1.807) is 0 Å². The summed E-state index contributed by atoms with van der Waals surface area (Å²) in [5.41, 5.74) is 1.77. The SMILES string of the molecule is C#CCOc1ccc(CCNC(=O)Nc2ccccc2OCCN2CCN(C)CC2)cc1. The van der Waals surface area contributed by atoms with Gasteiger partial charge in [-0.05, 0) is 43.3 Å². The van der Waals surface area contributed by atoms with Gasteiger partial charge in [-0.25, -0.2) is 4.79 Å². The van der Waals surface area contributed by atoms with Gasteiger partial charge in [0.05, 0.1) is 5.69 Å². The molecule has 2 aromatic carbocycles. The number of carbonyl (C=O) groups is 1. The summed E-state index contributed by atoms with van der Waals surface area (Å²) in [6.07, 6.45) is 5.91. The van der Waals surface area contributed by atoms with Crippen LogP contribution < -0.4 is 20.1 Å². The molecule has 1 fully saturated rings. The molecule has 32 heavy (non-hydrogen) atoms. The lowest BCUT2D eigenvalue weighted by Crippen LogP contribution is -2.45. The molecular weight excluding hydrogens is 404 g/mol. The molecule has 2 amide bonds. The lowest BCUT2D eigenvalue weighted by Gasteiger charge is -2.32. The zero-order chi connectivity index (χ0) is 22.6. The molecule has 1 aliphatic heterocycles. The van der Waals surface area contributed by atoms with E-state index in [-0.39, 0.29) is 12.6 Å². The summed E-state index contributed by atoms with van der Waals surface area (Å²) in [5.74, 6) is 3.86. The molecule has 0 spiro atoms. The Morgan fingerprint density at radius 3 is 2.56 bits per heavy atom. The Morgan fingerprint density at radius 1 is 1.06 bits per heavy atom. The van der Waals surface area contributed by atoms with Crippen LogP contribution in [-0.4, -0.2) is 75.4 Å². The fourth-order valence-electron chi connectivity index (χ4n) is 3.42. The lowest BCUT2D eigenvalue weighted by molar-refractivity contribution is 0.134. The third-order valence-electron chi connectivity index (χ3n) is 5.34. The number of piperazine rings is 1. The summed E-state index contributed by atoms with van der Waals surface area (Å²) in [5, 5.41) is 5.78. The van der Waals surface area contributed by atoms with Crippen molar-refractivity contribution in [2.24, 2.45) is 0 Å². The molecule has 3 rings (SSSR count). The number of terminal acetylenes is 1. The van der Waals surface area contributed by atoms with Gasteiger partial charge in [-0.15, -0.1) is 6.42 Å². The van der Waals surface area contributed by atoms with Gasteiger partial charge in [0.25, 0.3) is 0 Å². The first-order chi connectivity index (χ1) is 15.6. The van der Waals surface area contributed by atoms with Crippen molar-refractivity contribution in [3.05, 3.63) is 54.1 Å². The fourth-order valence-corrected chi connectivity index (χ4v) is 3.42. The van der Waals surface area contributed by atoms with Crippen LogP contribution in [0, 0.1) is 12.3 Å². The van der Waals surface area contributed by atoms with E-state index in [9.17, 15) is 4.79 Å². The van der Waals surface area contributed by atoms with Crippen LogP contribution in [0.2, 0.25) is 0 Å². The summed E-state index contributed by atoms with van der Waals surface area (Å²) in [7, 11) is 2.15.